The van der Waals surface area contributed by atoms with Gasteiger partial charge in [-0.25, -0.2) is 9.29 Å². The van der Waals surface area contributed by atoms with E-state index in [9.17, 15) is 14.0 Å². The van der Waals surface area contributed by atoms with E-state index in [1.54, 1.807) is 43.3 Å². The Labute approximate surface area is 127 Å². The summed E-state index contributed by atoms with van der Waals surface area (Å²) in [7, 11) is 0. The summed E-state index contributed by atoms with van der Waals surface area (Å²) in [5.41, 5.74) is 1.58. The third-order valence-corrected chi connectivity index (χ3v) is 3.67. The van der Waals surface area contributed by atoms with Gasteiger partial charge in [0.1, 0.15) is 11.9 Å². The van der Waals surface area contributed by atoms with Gasteiger partial charge in [-0.05, 0) is 36.8 Å². The summed E-state index contributed by atoms with van der Waals surface area (Å²) in [6.07, 6.45) is 0.0588. The van der Waals surface area contributed by atoms with Crippen LogP contribution in [0.5, 0.6) is 0 Å². The maximum Gasteiger partial charge on any atom is 0.256 e. The number of hydrogen-bond acceptors (Lipinski definition) is 3. The highest BCUT2D eigenvalue weighted by Crippen LogP contribution is 2.25. The van der Waals surface area contributed by atoms with Crippen molar-refractivity contribution in [1.29, 1.82) is 0 Å². The summed E-state index contributed by atoms with van der Waals surface area (Å²) >= 11 is 0. The molecule has 22 heavy (non-hydrogen) atoms. The zero-order chi connectivity index (χ0) is 15.7. The Morgan fingerprint density at radius 3 is 2.55 bits per heavy atom. The van der Waals surface area contributed by atoms with Crippen molar-refractivity contribution in [3.05, 3.63) is 59.9 Å². The lowest BCUT2D eigenvalue weighted by Gasteiger charge is -2.16. The second-order valence-electron chi connectivity index (χ2n) is 5.27. The van der Waals surface area contributed by atoms with E-state index in [1.807, 2.05) is 6.07 Å². The number of halogens is 1. The molecule has 1 heterocycles. The molecule has 3 rings (SSSR count). The van der Waals surface area contributed by atoms with E-state index < -0.39 is 6.04 Å². The minimum absolute atomic E-state index is 0.0588. The number of hydrogen-bond donors (Lipinski definition) is 1. The van der Waals surface area contributed by atoms with E-state index in [0.717, 1.165) is 0 Å². The Bertz CT molecular complexity index is 731. The van der Waals surface area contributed by atoms with Crippen molar-refractivity contribution >= 4 is 23.2 Å². The summed E-state index contributed by atoms with van der Waals surface area (Å²) in [5, 5.41) is 2.94. The van der Waals surface area contributed by atoms with Crippen LogP contribution in [-0.2, 0) is 9.59 Å². The molecule has 1 fully saturated rings. The molecular weight excluding hydrogens is 283 g/mol. The third-order valence-electron chi connectivity index (χ3n) is 3.67. The predicted molar refractivity (Wildman–Crippen MR) is 82.1 cm³/mol. The molecule has 2 aromatic carbocycles. The molecule has 2 amide bonds. The lowest BCUT2D eigenvalue weighted by atomic mass is 10.2. The molecule has 1 atom stereocenters. The molecule has 0 aliphatic carbocycles. The van der Waals surface area contributed by atoms with Gasteiger partial charge in [0.15, 0.2) is 0 Å². The monoisotopic (exact) mass is 298 g/mol. The second kappa shape index (κ2) is 5.60. The van der Waals surface area contributed by atoms with Gasteiger partial charge in [-0.15, -0.1) is 0 Å². The molecular formula is C17H15FN2O2. The normalized spacial score (nSPS) is 17.9. The molecule has 5 heteroatoms. The maximum absolute atomic E-state index is 13.6. The Morgan fingerprint density at radius 1 is 1.14 bits per heavy atom. The first kappa shape index (κ1) is 14.3. The standard InChI is InChI=1S/C17H15FN2O2/c1-11-7-8-12(9-14(11)18)19-15-10-16(21)20(17(15)22)13-5-3-2-4-6-13/h2-9,15,19H,10H2,1H3/t15-/m0/s1. The van der Waals surface area contributed by atoms with Crippen LogP contribution in [0.4, 0.5) is 15.8 Å². The van der Waals surface area contributed by atoms with Crippen LogP contribution in [0.3, 0.4) is 0 Å². The fourth-order valence-corrected chi connectivity index (χ4v) is 2.48. The Hall–Kier alpha value is -2.69. The van der Waals surface area contributed by atoms with Crippen molar-refractivity contribution in [1.82, 2.24) is 0 Å². The van der Waals surface area contributed by atoms with E-state index in [1.165, 1.54) is 11.0 Å². The number of nitrogens with one attached hydrogen (secondary N) is 1. The summed E-state index contributed by atoms with van der Waals surface area (Å²) in [6.45, 7) is 1.67. The van der Waals surface area contributed by atoms with Gasteiger partial charge >= 0.3 is 0 Å². The van der Waals surface area contributed by atoms with Gasteiger partial charge in [0, 0.05) is 5.69 Å². The molecule has 0 aromatic heterocycles. The van der Waals surface area contributed by atoms with Gasteiger partial charge in [-0.2, -0.15) is 0 Å². The molecule has 1 aliphatic heterocycles. The first-order valence-electron chi connectivity index (χ1n) is 7.01. The summed E-state index contributed by atoms with van der Waals surface area (Å²) in [6, 6.07) is 12.8. The van der Waals surface area contributed by atoms with Crippen molar-refractivity contribution in [2.75, 3.05) is 10.2 Å². The average molecular weight is 298 g/mol. The molecule has 0 unspecified atom stereocenters. The highest BCUT2D eigenvalue weighted by molar-refractivity contribution is 6.23. The Kier molecular flexibility index (Phi) is 3.63. The molecule has 2 aromatic rings. The predicted octanol–water partition coefficient (Wildman–Crippen LogP) is 2.88. The Balaban J connectivity index is 1.80. The van der Waals surface area contributed by atoms with Crippen molar-refractivity contribution in [3.63, 3.8) is 0 Å². The molecule has 1 N–H and O–H groups in total. The third kappa shape index (κ3) is 2.57. The molecule has 0 spiro atoms. The van der Waals surface area contributed by atoms with Crippen molar-refractivity contribution in [3.8, 4) is 0 Å². The average Bonchev–Trinajstić information content (AvgIpc) is 2.78. The number of nitrogens with zero attached hydrogens (tertiary/aromatic N) is 1. The van der Waals surface area contributed by atoms with Gasteiger partial charge in [0.05, 0.1) is 12.1 Å². The van der Waals surface area contributed by atoms with E-state index in [0.29, 0.717) is 16.9 Å². The van der Waals surface area contributed by atoms with Gasteiger partial charge in [0.25, 0.3) is 5.91 Å². The van der Waals surface area contributed by atoms with Gasteiger partial charge in [-0.3, -0.25) is 9.59 Å². The SMILES string of the molecule is Cc1ccc(N[C@H]2CC(=O)N(c3ccccc3)C2=O)cc1F. The molecule has 1 aliphatic rings. The molecule has 0 radical (unpaired) electrons. The summed E-state index contributed by atoms with van der Waals surface area (Å²) < 4.78 is 13.6. The van der Waals surface area contributed by atoms with Crippen LogP contribution in [0.25, 0.3) is 0 Å². The fraction of sp³-hybridized carbons (Fsp3) is 0.176. The minimum atomic E-state index is -0.671. The maximum atomic E-state index is 13.6. The number of benzene rings is 2. The number of para-hydroxylation sites is 1. The molecule has 4 nitrogen and oxygen atoms in total. The highest BCUT2D eigenvalue weighted by Gasteiger charge is 2.39. The van der Waals surface area contributed by atoms with Crippen molar-refractivity contribution in [2.45, 2.75) is 19.4 Å². The summed E-state index contributed by atoms with van der Waals surface area (Å²) in [5.74, 6) is -0.930. The lowest BCUT2D eigenvalue weighted by Crippen LogP contribution is -2.34. The molecule has 0 bridgehead atoms. The first-order chi connectivity index (χ1) is 10.6. The van der Waals surface area contributed by atoms with Gasteiger partial charge in [0.2, 0.25) is 5.91 Å². The Morgan fingerprint density at radius 2 is 1.86 bits per heavy atom. The van der Waals surface area contributed by atoms with Crippen LogP contribution in [-0.4, -0.2) is 17.9 Å². The number of amides is 2. The van der Waals surface area contributed by atoms with Crippen LogP contribution in [0, 0.1) is 12.7 Å². The van der Waals surface area contributed by atoms with Crippen molar-refractivity contribution in [2.24, 2.45) is 0 Å². The highest BCUT2D eigenvalue weighted by atomic mass is 19.1. The van der Waals surface area contributed by atoms with Crippen LogP contribution in [0.2, 0.25) is 0 Å². The zero-order valence-corrected chi connectivity index (χ0v) is 12.0. The zero-order valence-electron chi connectivity index (χ0n) is 12.0. The van der Waals surface area contributed by atoms with E-state index >= 15 is 0 Å². The number of aryl methyl sites for hydroxylation is 1. The first-order valence-corrected chi connectivity index (χ1v) is 7.01. The van der Waals surface area contributed by atoms with E-state index in [4.69, 9.17) is 0 Å². The topological polar surface area (TPSA) is 49.4 Å². The van der Waals surface area contributed by atoms with Crippen LogP contribution < -0.4 is 10.2 Å². The van der Waals surface area contributed by atoms with E-state index in [-0.39, 0.29) is 24.1 Å². The number of carbonyl (C=O) groups excluding carboxylic acids is 2. The molecule has 112 valence electrons. The number of carbonyl (C=O) groups is 2. The van der Waals surface area contributed by atoms with Crippen LogP contribution in [0.1, 0.15) is 12.0 Å². The quantitative estimate of drug-likeness (QED) is 0.886. The number of anilines is 2. The lowest BCUT2D eigenvalue weighted by molar-refractivity contribution is -0.121. The molecule has 0 saturated carbocycles. The largest absolute Gasteiger partial charge is 0.373 e. The smallest absolute Gasteiger partial charge is 0.256 e. The number of imide groups is 1. The van der Waals surface area contributed by atoms with Gasteiger partial charge in [-0.1, -0.05) is 24.3 Å². The van der Waals surface area contributed by atoms with Gasteiger partial charge < -0.3 is 5.32 Å². The van der Waals surface area contributed by atoms with Crippen LogP contribution in [0.15, 0.2) is 48.5 Å². The summed E-state index contributed by atoms with van der Waals surface area (Å²) in [4.78, 5) is 25.7. The molecule has 1 saturated heterocycles. The second-order valence-corrected chi connectivity index (χ2v) is 5.27. The van der Waals surface area contributed by atoms with Crippen molar-refractivity contribution < 1.29 is 14.0 Å². The van der Waals surface area contributed by atoms with E-state index in [2.05, 4.69) is 5.32 Å². The van der Waals surface area contributed by atoms with Crippen LogP contribution >= 0.6 is 0 Å². The minimum Gasteiger partial charge on any atom is -0.373 e. The number of rotatable bonds is 3. The fourth-order valence-electron chi connectivity index (χ4n) is 2.48.